The van der Waals surface area contributed by atoms with Gasteiger partial charge in [0.05, 0.1) is 0 Å². The van der Waals surface area contributed by atoms with Crippen molar-refractivity contribution in [3.05, 3.63) is 75.8 Å². The highest BCUT2D eigenvalue weighted by Gasteiger charge is 2.01. The monoisotopic (exact) mass is 300 g/mol. The topological polar surface area (TPSA) is 17.1 Å². The predicted molar refractivity (Wildman–Crippen MR) is 78.7 cm³/mol. The maximum atomic E-state index is 11.9. The second-order valence-electron chi connectivity index (χ2n) is 4.09. The molecule has 0 heterocycles. The van der Waals surface area contributed by atoms with Gasteiger partial charge in [-0.05, 0) is 36.3 Å². The lowest BCUT2D eigenvalue weighted by atomic mass is 10.1. The summed E-state index contributed by atoms with van der Waals surface area (Å²) in [7, 11) is 0. The predicted octanol–water partition coefficient (Wildman–Crippen LogP) is 4.65. The first kappa shape index (κ1) is 12.8. The number of aryl methyl sites for hydroxylation is 1. The number of rotatable bonds is 3. The Labute approximate surface area is 115 Å². The van der Waals surface area contributed by atoms with E-state index in [0.29, 0.717) is 5.56 Å². The van der Waals surface area contributed by atoms with Gasteiger partial charge in [-0.2, -0.15) is 0 Å². The molecule has 0 radical (unpaired) electrons. The molecule has 0 aliphatic rings. The Morgan fingerprint density at radius 2 is 1.83 bits per heavy atom. The third-order valence-corrected chi connectivity index (χ3v) is 3.32. The Balaban J connectivity index is 2.19. The van der Waals surface area contributed by atoms with Crippen LogP contribution in [0.1, 0.15) is 21.5 Å². The van der Waals surface area contributed by atoms with Crippen LogP contribution in [0.3, 0.4) is 0 Å². The highest BCUT2D eigenvalue weighted by Crippen LogP contribution is 2.19. The third kappa shape index (κ3) is 3.17. The molecular weight excluding hydrogens is 288 g/mol. The Morgan fingerprint density at radius 1 is 1.11 bits per heavy atom. The van der Waals surface area contributed by atoms with Gasteiger partial charge >= 0.3 is 0 Å². The van der Waals surface area contributed by atoms with Gasteiger partial charge < -0.3 is 0 Å². The van der Waals surface area contributed by atoms with Gasteiger partial charge in [0.1, 0.15) is 0 Å². The highest BCUT2D eigenvalue weighted by molar-refractivity contribution is 9.10. The molecule has 18 heavy (non-hydrogen) atoms. The number of benzene rings is 2. The Morgan fingerprint density at radius 3 is 2.50 bits per heavy atom. The molecule has 1 nitrogen and oxygen atoms in total. The SMILES string of the molecule is Cc1ccc(C=CC(=O)c2ccccc2)c(Br)c1. The zero-order chi connectivity index (χ0) is 13.0. The van der Waals surface area contributed by atoms with E-state index in [1.165, 1.54) is 5.56 Å². The standard InChI is InChI=1S/C16H13BrO/c1-12-7-8-13(15(17)11-12)9-10-16(18)14-5-3-2-4-6-14/h2-11H,1H3. The van der Waals surface area contributed by atoms with Crippen molar-refractivity contribution in [2.24, 2.45) is 0 Å². The van der Waals surface area contributed by atoms with Crippen LogP contribution in [0, 0.1) is 6.92 Å². The molecule has 2 aromatic rings. The second-order valence-corrected chi connectivity index (χ2v) is 4.94. The van der Waals surface area contributed by atoms with Gasteiger partial charge in [0.2, 0.25) is 0 Å². The molecule has 2 aromatic carbocycles. The van der Waals surface area contributed by atoms with Crippen LogP contribution in [0.2, 0.25) is 0 Å². The number of carbonyl (C=O) groups excluding carboxylic acids is 1. The average Bonchev–Trinajstić information content (AvgIpc) is 2.38. The van der Waals surface area contributed by atoms with Crippen LogP contribution in [0.4, 0.5) is 0 Å². The molecule has 2 rings (SSSR count). The molecule has 0 aliphatic heterocycles. The summed E-state index contributed by atoms with van der Waals surface area (Å²) in [4.78, 5) is 11.9. The minimum atomic E-state index is 0.0167. The molecule has 0 atom stereocenters. The smallest absolute Gasteiger partial charge is 0.185 e. The van der Waals surface area contributed by atoms with Gasteiger partial charge in [-0.3, -0.25) is 4.79 Å². The van der Waals surface area contributed by atoms with Crippen LogP contribution in [0.25, 0.3) is 6.08 Å². The molecule has 90 valence electrons. The summed E-state index contributed by atoms with van der Waals surface area (Å²) in [6.45, 7) is 2.04. The van der Waals surface area contributed by atoms with E-state index in [1.807, 2.05) is 61.5 Å². The van der Waals surface area contributed by atoms with E-state index in [1.54, 1.807) is 6.08 Å². The first-order chi connectivity index (χ1) is 8.66. The van der Waals surface area contributed by atoms with Gasteiger partial charge in [-0.15, -0.1) is 0 Å². The van der Waals surface area contributed by atoms with Crippen LogP contribution in [-0.4, -0.2) is 5.78 Å². The van der Waals surface area contributed by atoms with Gasteiger partial charge in [0.15, 0.2) is 5.78 Å². The van der Waals surface area contributed by atoms with E-state index in [-0.39, 0.29) is 5.78 Å². The molecule has 0 fully saturated rings. The maximum Gasteiger partial charge on any atom is 0.185 e. The molecule has 0 unspecified atom stereocenters. The molecule has 0 N–H and O–H groups in total. The molecule has 0 bridgehead atoms. The summed E-state index contributed by atoms with van der Waals surface area (Å²) < 4.78 is 1.000. The number of hydrogen-bond acceptors (Lipinski definition) is 1. The maximum absolute atomic E-state index is 11.9. The van der Waals surface area contributed by atoms with E-state index in [4.69, 9.17) is 0 Å². The van der Waals surface area contributed by atoms with E-state index >= 15 is 0 Å². The van der Waals surface area contributed by atoms with Crippen molar-refractivity contribution in [1.82, 2.24) is 0 Å². The zero-order valence-electron chi connectivity index (χ0n) is 10.1. The lowest BCUT2D eigenvalue weighted by Gasteiger charge is -2.00. The fourth-order valence-corrected chi connectivity index (χ4v) is 2.26. The van der Waals surface area contributed by atoms with Crippen LogP contribution in [0.15, 0.2) is 59.1 Å². The van der Waals surface area contributed by atoms with Crippen molar-refractivity contribution >= 4 is 27.8 Å². The molecule has 0 saturated heterocycles. The van der Waals surface area contributed by atoms with Gasteiger partial charge in [-0.25, -0.2) is 0 Å². The molecule has 0 spiro atoms. The number of allylic oxidation sites excluding steroid dienone is 1. The van der Waals surface area contributed by atoms with Crippen molar-refractivity contribution < 1.29 is 4.79 Å². The van der Waals surface area contributed by atoms with Crippen LogP contribution < -0.4 is 0 Å². The molecule has 0 saturated carbocycles. The van der Waals surface area contributed by atoms with Crippen molar-refractivity contribution in [2.75, 3.05) is 0 Å². The summed E-state index contributed by atoms with van der Waals surface area (Å²) in [5, 5.41) is 0. The summed E-state index contributed by atoms with van der Waals surface area (Å²) >= 11 is 3.49. The highest BCUT2D eigenvalue weighted by atomic mass is 79.9. The van der Waals surface area contributed by atoms with E-state index in [9.17, 15) is 4.79 Å². The first-order valence-corrected chi connectivity index (χ1v) is 6.50. The second kappa shape index (κ2) is 5.78. The molecule has 0 aromatic heterocycles. The molecular formula is C16H13BrO. The van der Waals surface area contributed by atoms with Crippen LogP contribution in [0.5, 0.6) is 0 Å². The van der Waals surface area contributed by atoms with E-state index < -0.39 is 0 Å². The largest absolute Gasteiger partial charge is 0.289 e. The van der Waals surface area contributed by atoms with Crippen molar-refractivity contribution in [1.29, 1.82) is 0 Å². The minimum Gasteiger partial charge on any atom is -0.289 e. The fourth-order valence-electron chi connectivity index (χ4n) is 1.63. The number of ketones is 1. The summed E-state index contributed by atoms with van der Waals surface area (Å²) in [5.74, 6) is 0.0167. The normalized spacial score (nSPS) is 10.8. The van der Waals surface area contributed by atoms with Crippen molar-refractivity contribution in [3.63, 3.8) is 0 Å². The number of halogens is 1. The van der Waals surface area contributed by atoms with Gasteiger partial charge in [0.25, 0.3) is 0 Å². The number of hydrogen-bond donors (Lipinski definition) is 0. The van der Waals surface area contributed by atoms with Crippen LogP contribution in [-0.2, 0) is 0 Å². The van der Waals surface area contributed by atoms with Gasteiger partial charge in [-0.1, -0.05) is 58.4 Å². The van der Waals surface area contributed by atoms with Crippen molar-refractivity contribution in [2.45, 2.75) is 6.92 Å². The first-order valence-electron chi connectivity index (χ1n) is 5.70. The Hall–Kier alpha value is -1.67. The van der Waals surface area contributed by atoms with Gasteiger partial charge in [0, 0.05) is 10.0 Å². The lowest BCUT2D eigenvalue weighted by molar-refractivity contribution is 0.104. The van der Waals surface area contributed by atoms with Crippen molar-refractivity contribution in [3.8, 4) is 0 Å². The quantitative estimate of drug-likeness (QED) is 0.595. The minimum absolute atomic E-state index is 0.0167. The number of carbonyl (C=O) groups is 1. The van der Waals surface area contributed by atoms with Crippen LogP contribution >= 0.6 is 15.9 Å². The average molecular weight is 301 g/mol. The third-order valence-electron chi connectivity index (χ3n) is 2.63. The fraction of sp³-hybridized carbons (Fsp3) is 0.0625. The molecule has 0 amide bonds. The summed E-state index contributed by atoms with van der Waals surface area (Å²) in [6, 6.07) is 15.3. The Kier molecular flexibility index (Phi) is 4.11. The zero-order valence-corrected chi connectivity index (χ0v) is 11.6. The molecule has 2 heteroatoms. The summed E-state index contributed by atoms with van der Waals surface area (Å²) in [6.07, 6.45) is 3.43. The van der Waals surface area contributed by atoms with E-state index in [0.717, 1.165) is 10.0 Å². The Bertz CT molecular complexity index is 585. The molecule has 0 aliphatic carbocycles. The lowest BCUT2D eigenvalue weighted by Crippen LogP contribution is -1.92. The van der Waals surface area contributed by atoms with E-state index in [2.05, 4.69) is 15.9 Å². The summed E-state index contributed by atoms with van der Waals surface area (Å²) in [5.41, 5.74) is 2.90.